The molecule has 2 aliphatic rings. The minimum atomic E-state index is -0.277. The van der Waals surface area contributed by atoms with Crippen LogP contribution < -0.4 is 15.5 Å². The van der Waals surface area contributed by atoms with Crippen molar-refractivity contribution in [1.29, 1.82) is 0 Å². The average molecular weight is 463 g/mol. The van der Waals surface area contributed by atoms with Gasteiger partial charge in [0, 0.05) is 49.2 Å². The zero-order valence-electron chi connectivity index (χ0n) is 17.9. The standard InChI is InChI=1S/C21H27ClN6O2S/c1-12(2)23-10-14(15-4-5-16(22)31-15)21(30)28-8-6-27(7-9-28)19-17-13(3)20(29)26-18(17)24-11-25-19/h4-5,11-14,23H,6-10H2,1-3H3,(H,24,25,26,29)/t13?,14-/m1/s1. The molecule has 10 heteroatoms. The van der Waals surface area contributed by atoms with Crippen LogP contribution in [-0.2, 0) is 9.59 Å². The normalized spacial score (nSPS) is 19.5. The van der Waals surface area contributed by atoms with Gasteiger partial charge in [0.15, 0.2) is 0 Å². The Morgan fingerprint density at radius 1 is 1.29 bits per heavy atom. The Morgan fingerprint density at radius 3 is 2.68 bits per heavy atom. The lowest BCUT2D eigenvalue weighted by Gasteiger charge is -2.37. The third-order valence-corrected chi connectivity index (χ3v) is 7.13. The van der Waals surface area contributed by atoms with Crippen molar-refractivity contribution in [1.82, 2.24) is 20.2 Å². The van der Waals surface area contributed by atoms with E-state index in [0.717, 1.165) is 16.3 Å². The molecule has 1 unspecified atom stereocenters. The number of amides is 2. The number of nitrogens with zero attached hydrogens (tertiary/aromatic N) is 4. The highest BCUT2D eigenvalue weighted by Crippen LogP contribution is 2.37. The number of aromatic nitrogens is 2. The maximum absolute atomic E-state index is 13.4. The molecule has 0 aliphatic carbocycles. The molecule has 0 bridgehead atoms. The van der Waals surface area contributed by atoms with Crippen LogP contribution in [0.15, 0.2) is 18.5 Å². The lowest BCUT2D eigenvalue weighted by Crippen LogP contribution is -2.51. The Balaban J connectivity index is 1.46. The van der Waals surface area contributed by atoms with Crippen molar-refractivity contribution >= 4 is 46.4 Å². The zero-order chi connectivity index (χ0) is 22.1. The van der Waals surface area contributed by atoms with Gasteiger partial charge < -0.3 is 20.4 Å². The molecule has 4 rings (SSSR count). The predicted molar refractivity (Wildman–Crippen MR) is 123 cm³/mol. The van der Waals surface area contributed by atoms with Gasteiger partial charge in [-0.1, -0.05) is 25.4 Å². The highest BCUT2D eigenvalue weighted by molar-refractivity contribution is 7.16. The average Bonchev–Trinajstić information content (AvgIpc) is 3.31. The smallest absolute Gasteiger partial charge is 0.233 e. The summed E-state index contributed by atoms with van der Waals surface area (Å²) in [7, 11) is 0. The van der Waals surface area contributed by atoms with E-state index in [1.165, 1.54) is 17.7 Å². The van der Waals surface area contributed by atoms with Crippen molar-refractivity contribution in [3.63, 3.8) is 0 Å². The number of anilines is 2. The van der Waals surface area contributed by atoms with E-state index in [1.807, 2.05) is 24.0 Å². The van der Waals surface area contributed by atoms with E-state index in [0.29, 0.717) is 48.9 Å². The summed E-state index contributed by atoms with van der Waals surface area (Å²) in [5.41, 5.74) is 0.847. The second-order valence-electron chi connectivity index (χ2n) is 8.24. The van der Waals surface area contributed by atoms with Gasteiger partial charge >= 0.3 is 0 Å². The van der Waals surface area contributed by atoms with Gasteiger partial charge in [0.1, 0.15) is 18.0 Å². The number of hydrogen-bond acceptors (Lipinski definition) is 7. The molecule has 0 radical (unpaired) electrons. The molecule has 2 atom stereocenters. The maximum atomic E-state index is 13.4. The molecule has 166 valence electrons. The molecular weight excluding hydrogens is 436 g/mol. The number of hydrogen-bond donors (Lipinski definition) is 2. The molecule has 2 N–H and O–H groups in total. The van der Waals surface area contributed by atoms with E-state index in [9.17, 15) is 9.59 Å². The number of fused-ring (bicyclic) bond motifs is 1. The Morgan fingerprint density at radius 2 is 2.03 bits per heavy atom. The summed E-state index contributed by atoms with van der Waals surface area (Å²) in [5.74, 6) is 0.907. The number of nitrogens with one attached hydrogen (secondary N) is 2. The zero-order valence-corrected chi connectivity index (χ0v) is 19.5. The van der Waals surface area contributed by atoms with E-state index in [1.54, 1.807) is 0 Å². The molecule has 2 aliphatic heterocycles. The molecule has 1 fully saturated rings. The van der Waals surface area contributed by atoms with Gasteiger partial charge in [-0.25, -0.2) is 9.97 Å². The second-order valence-corrected chi connectivity index (χ2v) is 9.99. The third kappa shape index (κ3) is 4.53. The monoisotopic (exact) mass is 462 g/mol. The molecule has 8 nitrogen and oxygen atoms in total. The highest BCUT2D eigenvalue weighted by atomic mass is 35.5. The molecule has 0 spiro atoms. The number of thiophene rings is 1. The lowest BCUT2D eigenvalue weighted by atomic mass is 10.0. The van der Waals surface area contributed by atoms with E-state index in [2.05, 4.69) is 39.3 Å². The van der Waals surface area contributed by atoms with Gasteiger partial charge in [-0.3, -0.25) is 9.59 Å². The van der Waals surface area contributed by atoms with Gasteiger partial charge in [-0.15, -0.1) is 11.3 Å². The lowest BCUT2D eigenvalue weighted by molar-refractivity contribution is -0.133. The van der Waals surface area contributed by atoms with Gasteiger partial charge in [-0.05, 0) is 19.1 Å². The van der Waals surface area contributed by atoms with Crippen LogP contribution in [0, 0.1) is 0 Å². The first-order valence-electron chi connectivity index (χ1n) is 10.5. The van der Waals surface area contributed by atoms with Crippen LogP contribution in [0.25, 0.3) is 0 Å². The molecule has 1 saturated heterocycles. The molecule has 31 heavy (non-hydrogen) atoms. The second kappa shape index (κ2) is 9.10. The molecule has 2 aromatic rings. The van der Waals surface area contributed by atoms with Gasteiger partial charge in [0.2, 0.25) is 11.8 Å². The van der Waals surface area contributed by atoms with E-state index in [4.69, 9.17) is 11.6 Å². The fourth-order valence-electron chi connectivity index (χ4n) is 4.03. The molecule has 2 aromatic heterocycles. The fourth-order valence-corrected chi connectivity index (χ4v) is 5.18. The van der Waals surface area contributed by atoms with Crippen LogP contribution in [0.4, 0.5) is 11.6 Å². The molecule has 0 aromatic carbocycles. The molecular formula is C21H27ClN6O2S. The molecule has 2 amide bonds. The fraction of sp³-hybridized carbons (Fsp3) is 0.524. The van der Waals surface area contributed by atoms with Gasteiger partial charge in [-0.2, -0.15) is 0 Å². The predicted octanol–water partition coefficient (Wildman–Crippen LogP) is 2.68. The summed E-state index contributed by atoms with van der Waals surface area (Å²) in [6.45, 7) is 9.11. The largest absolute Gasteiger partial charge is 0.353 e. The Labute approximate surface area is 191 Å². The van der Waals surface area contributed by atoms with Crippen LogP contribution in [-0.4, -0.2) is 65.4 Å². The van der Waals surface area contributed by atoms with Crippen molar-refractivity contribution in [2.24, 2.45) is 0 Å². The number of carbonyl (C=O) groups excluding carboxylic acids is 2. The van der Waals surface area contributed by atoms with E-state index < -0.39 is 0 Å². The maximum Gasteiger partial charge on any atom is 0.233 e. The first-order chi connectivity index (χ1) is 14.8. The van der Waals surface area contributed by atoms with Crippen molar-refractivity contribution < 1.29 is 9.59 Å². The number of halogens is 1. The van der Waals surface area contributed by atoms with Crippen molar-refractivity contribution in [3.8, 4) is 0 Å². The van der Waals surface area contributed by atoms with Crippen molar-refractivity contribution in [3.05, 3.63) is 33.2 Å². The Bertz CT molecular complexity index is 973. The summed E-state index contributed by atoms with van der Waals surface area (Å²) >= 11 is 7.60. The summed E-state index contributed by atoms with van der Waals surface area (Å²) in [5, 5.41) is 6.21. The number of carbonyl (C=O) groups is 2. The van der Waals surface area contributed by atoms with Gasteiger partial charge in [0.05, 0.1) is 16.2 Å². The quantitative estimate of drug-likeness (QED) is 0.686. The first kappa shape index (κ1) is 22.0. The van der Waals surface area contributed by atoms with E-state index in [-0.39, 0.29) is 23.7 Å². The van der Waals surface area contributed by atoms with Crippen LogP contribution in [0.2, 0.25) is 4.34 Å². The highest BCUT2D eigenvalue weighted by Gasteiger charge is 2.35. The topological polar surface area (TPSA) is 90.5 Å². The van der Waals surface area contributed by atoms with Crippen LogP contribution in [0.3, 0.4) is 0 Å². The number of piperazine rings is 1. The summed E-state index contributed by atoms with van der Waals surface area (Å²) in [6.07, 6.45) is 1.48. The van der Waals surface area contributed by atoms with Crippen LogP contribution in [0.1, 0.15) is 43.0 Å². The first-order valence-corrected chi connectivity index (χ1v) is 11.7. The summed E-state index contributed by atoms with van der Waals surface area (Å²) < 4.78 is 0.692. The van der Waals surface area contributed by atoms with Crippen molar-refractivity contribution in [2.45, 2.75) is 38.6 Å². The SMILES string of the molecule is CC(C)NC[C@@H](C(=O)N1CCN(c2ncnc3c2C(C)C(=O)N3)CC1)c1ccc(Cl)s1. The Hall–Kier alpha value is -2.23. The Kier molecular flexibility index (Phi) is 6.45. The summed E-state index contributed by atoms with van der Waals surface area (Å²) in [4.78, 5) is 39.2. The van der Waals surface area contributed by atoms with Crippen LogP contribution in [0.5, 0.6) is 0 Å². The number of rotatable bonds is 6. The van der Waals surface area contributed by atoms with E-state index >= 15 is 0 Å². The third-order valence-electron chi connectivity index (χ3n) is 5.79. The molecule has 4 heterocycles. The summed E-state index contributed by atoms with van der Waals surface area (Å²) in [6, 6.07) is 4.09. The van der Waals surface area contributed by atoms with Gasteiger partial charge in [0.25, 0.3) is 0 Å². The van der Waals surface area contributed by atoms with Crippen molar-refractivity contribution in [2.75, 3.05) is 42.9 Å². The minimum absolute atomic E-state index is 0.0549. The van der Waals surface area contributed by atoms with Crippen LogP contribution >= 0.6 is 22.9 Å². The molecule has 0 saturated carbocycles. The minimum Gasteiger partial charge on any atom is -0.353 e.